The average Bonchev–Trinajstić information content (AvgIpc) is 3.27. The van der Waals surface area contributed by atoms with Crippen LogP contribution < -0.4 is 4.90 Å². The summed E-state index contributed by atoms with van der Waals surface area (Å²) in [7, 11) is 0. The molecule has 21 heavy (non-hydrogen) atoms. The van der Waals surface area contributed by atoms with E-state index in [4.69, 9.17) is 0 Å². The van der Waals surface area contributed by atoms with E-state index < -0.39 is 10.5 Å². The number of anilines is 1. The molecule has 2 heterocycles. The van der Waals surface area contributed by atoms with Gasteiger partial charge in [-0.25, -0.2) is 4.98 Å². The Kier molecular flexibility index (Phi) is 2.47. The Morgan fingerprint density at radius 3 is 2.76 bits per heavy atom. The van der Waals surface area contributed by atoms with Gasteiger partial charge in [0.25, 0.3) is 5.69 Å². The van der Waals surface area contributed by atoms with Crippen LogP contribution in [-0.2, 0) is 0 Å². The van der Waals surface area contributed by atoms with Crippen molar-refractivity contribution in [3.63, 3.8) is 0 Å². The number of β-amino-alcohol motifs (C(OH)–C–C–N with tert-alkyl or cyclic N) is 1. The molecule has 1 aliphatic carbocycles. The molecular formula is C15H15N3O3. The number of fused-ring (bicyclic) bond motifs is 1. The lowest BCUT2D eigenvalue weighted by Crippen LogP contribution is -2.63. The molecule has 0 amide bonds. The normalized spacial score (nSPS) is 20.3. The van der Waals surface area contributed by atoms with Gasteiger partial charge >= 0.3 is 0 Å². The van der Waals surface area contributed by atoms with Crippen molar-refractivity contribution in [2.24, 2.45) is 5.92 Å². The number of rotatable bonds is 3. The van der Waals surface area contributed by atoms with Crippen LogP contribution in [0.3, 0.4) is 0 Å². The van der Waals surface area contributed by atoms with E-state index in [0.717, 1.165) is 23.9 Å². The Morgan fingerprint density at radius 1 is 1.33 bits per heavy atom. The standard InChI is InChI=1S/C15H15N3O3/c19-15(10-4-5-10)8-17(9-15)12-6-7-16-14-11(12)2-1-3-13(14)18(20)21/h1-3,6-7,10,19H,4-5,8-9H2. The van der Waals surface area contributed by atoms with Crippen molar-refractivity contribution in [1.29, 1.82) is 0 Å². The molecule has 1 aromatic carbocycles. The minimum absolute atomic E-state index is 0.0207. The molecule has 1 aliphatic heterocycles. The Balaban J connectivity index is 1.73. The van der Waals surface area contributed by atoms with Gasteiger partial charge in [0.2, 0.25) is 0 Å². The van der Waals surface area contributed by atoms with Crippen molar-refractivity contribution >= 4 is 22.3 Å². The summed E-state index contributed by atoms with van der Waals surface area (Å²) in [6, 6.07) is 6.85. The van der Waals surface area contributed by atoms with Gasteiger partial charge in [-0.3, -0.25) is 10.1 Å². The summed E-state index contributed by atoms with van der Waals surface area (Å²) >= 11 is 0. The maximum absolute atomic E-state index is 11.1. The fraction of sp³-hybridized carbons (Fsp3) is 0.400. The van der Waals surface area contributed by atoms with E-state index in [-0.39, 0.29) is 5.69 Å². The molecule has 1 N–H and O–H groups in total. The largest absolute Gasteiger partial charge is 0.386 e. The summed E-state index contributed by atoms with van der Waals surface area (Å²) in [6.45, 7) is 1.19. The molecule has 6 nitrogen and oxygen atoms in total. The number of pyridine rings is 1. The monoisotopic (exact) mass is 285 g/mol. The zero-order valence-corrected chi connectivity index (χ0v) is 11.4. The number of benzene rings is 1. The second kappa shape index (κ2) is 4.14. The minimum atomic E-state index is -0.573. The van der Waals surface area contributed by atoms with Gasteiger partial charge in [-0.2, -0.15) is 0 Å². The lowest BCUT2D eigenvalue weighted by atomic mass is 9.88. The highest BCUT2D eigenvalue weighted by atomic mass is 16.6. The molecule has 0 bridgehead atoms. The van der Waals surface area contributed by atoms with E-state index in [1.165, 1.54) is 6.07 Å². The minimum Gasteiger partial charge on any atom is -0.386 e. The number of nitro benzene ring substituents is 1. The number of aromatic nitrogens is 1. The molecule has 1 saturated heterocycles. The van der Waals surface area contributed by atoms with Crippen LogP contribution in [0.15, 0.2) is 30.5 Å². The van der Waals surface area contributed by atoms with Crippen LogP contribution in [0, 0.1) is 16.0 Å². The third-order valence-electron chi connectivity index (χ3n) is 4.53. The van der Waals surface area contributed by atoms with Gasteiger partial charge < -0.3 is 10.0 Å². The summed E-state index contributed by atoms with van der Waals surface area (Å²) < 4.78 is 0. The SMILES string of the molecule is O=[N+]([O-])c1cccc2c(N3CC(O)(C4CC4)C3)ccnc12. The van der Waals surface area contributed by atoms with Gasteiger partial charge in [0.1, 0.15) is 11.1 Å². The van der Waals surface area contributed by atoms with Crippen molar-refractivity contribution in [3.05, 3.63) is 40.6 Å². The summed E-state index contributed by atoms with van der Waals surface area (Å²) in [4.78, 5) is 16.9. The molecule has 1 aromatic heterocycles. The molecule has 0 unspecified atom stereocenters. The highest BCUT2D eigenvalue weighted by Crippen LogP contribution is 2.46. The molecule has 2 aromatic rings. The zero-order valence-electron chi connectivity index (χ0n) is 11.4. The van der Waals surface area contributed by atoms with Gasteiger partial charge in [0.05, 0.1) is 4.92 Å². The first-order valence-electron chi connectivity index (χ1n) is 7.08. The highest BCUT2D eigenvalue weighted by molar-refractivity contribution is 5.97. The smallest absolute Gasteiger partial charge is 0.295 e. The number of nitrogens with zero attached hydrogens (tertiary/aromatic N) is 3. The van der Waals surface area contributed by atoms with Gasteiger partial charge in [-0.1, -0.05) is 12.1 Å². The third-order valence-corrected chi connectivity index (χ3v) is 4.53. The molecule has 4 rings (SSSR count). The van der Waals surface area contributed by atoms with Crippen LogP contribution >= 0.6 is 0 Å². The molecule has 0 atom stereocenters. The quantitative estimate of drug-likeness (QED) is 0.690. The molecule has 2 fully saturated rings. The molecule has 1 saturated carbocycles. The van der Waals surface area contributed by atoms with E-state index in [9.17, 15) is 15.2 Å². The Bertz CT molecular complexity index is 736. The lowest BCUT2D eigenvalue weighted by Gasteiger charge is -2.48. The summed E-state index contributed by atoms with van der Waals surface area (Å²) in [5.74, 6) is 0.427. The van der Waals surface area contributed by atoms with Crippen LogP contribution in [-0.4, -0.2) is 33.7 Å². The Hall–Kier alpha value is -2.21. The number of nitro groups is 1. The van der Waals surface area contributed by atoms with Crippen molar-refractivity contribution in [2.45, 2.75) is 18.4 Å². The van der Waals surface area contributed by atoms with Gasteiger partial charge in [-0.05, 0) is 24.8 Å². The van der Waals surface area contributed by atoms with Crippen molar-refractivity contribution < 1.29 is 10.0 Å². The van der Waals surface area contributed by atoms with E-state index in [1.807, 2.05) is 12.1 Å². The topological polar surface area (TPSA) is 79.5 Å². The highest BCUT2D eigenvalue weighted by Gasteiger charge is 2.52. The van der Waals surface area contributed by atoms with E-state index >= 15 is 0 Å². The summed E-state index contributed by atoms with van der Waals surface area (Å²) in [5.41, 5.74) is 0.763. The molecule has 0 radical (unpaired) electrons. The second-order valence-electron chi connectivity index (χ2n) is 5.99. The fourth-order valence-corrected chi connectivity index (χ4v) is 3.23. The van der Waals surface area contributed by atoms with E-state index in [2.05, 4.69) is 9.88 Å². The molecule has 0 spiro atoms. The van der Waals surface area contributed by atoms with Crippen LogP contribution in [0.1, 0.15) is 12.8 Å². The van der Waals surface area contributed by atoms with Gasteiger partial charge in [0.15, 0.2) is 0 Å². The average molecular weight is 285 g/mol. The number of non-ortho nitro benzene ring substituents is 1. The van der Waals surface area contributed by atoms with Crippen molar-refractivity contribution in [2.75, 3.05) is 18.0 Å². The first-order chi connectivity index (χ1) is 10.1. The van der Waals surface area contributed by atoms with Crippen LogP contribution in [0.5, 0.6) is 0 Å². The predicted molar refractivity (Wildman–Crippen MR) is 78.3 cm³/mol. The molecule has 6 heteroatoms. The first-order valence-corrected chi connectivity index (χ1v) is 7.08. The van der Waals surface area contributed by atoms with E-state index in [0.29, 0.717) is 24.5 Å². The van der Waals surface area contributed by atoms with Crippen molar-refractivity contribution in [3.8, 4) is 0 Å². The Labute approximate surface area is 121 Å². The molecule has 2 aliphatic rings. The van der Waals surface area contributed by atoms with Crippen LogP contribution in [0.4, 0.5) is 11.4 Å². The van der Waals surface area contributed by atoms with Crippen LogP contribution in [0.25, 0.3) is 10.9 Å². The predicted octanol–water partition coefficient (Wildman–Crippen LogP) is 2.10. The number of hydrogen-bond donors (Lipinski definition) is 1. The Morgan fingerprint density at radius 2 is 2.10 bits per heavy atom. The first kappa shape index (κ1) is 12.5. The zero-order chi connectivity index (χ0) is 14.6. The third kappa shape index (κ3) is 1.86. The second-order valence-corrected chi connectivity index (χ2v) is 5.99. The number of para-hydroxylation sites is 1. The van der Waals surface area contributed by atoms with Gasteiger partial charge in [0, 0.05) is 36.4 Å². The van der Waals surface area contributed by atoms with Gasteiger partial charge in [-0.15, -0.1) is 0 Å². The van der Waals surface area contributed by atoms with Crippen LogP contribution in [0.2, 0.25) is 0 Å². The maximum atomic E-state index is 11.1. The lowest BCUT2D eigenvalue weighted by molar-refractivity contribution is -0.383. The summed E-state index contributed by atoms with van der Waals surface area (Å²) in [6.07, 6.45) is 3.80. The van der Waals surface area contributed by atoms with Crippen molar-refractivity contribution in [1.82, 2.24) is 4.98 Å². The molecular weight excluding hydrogens is 270 g/mol. The number of hydrogen-bond acceptors (Lipinski definition) is 5. The fourth-order valence-electron chi connectivity index (χ4n) is 3.23. The van der Waals surface area contributed by atoms with E-state index in [1.54, 1.807) is 12.3 Å². The summed E-state index contributed by atoms with van der Waals surface area (Å²) in [5, 5.41) is 22.3. The maximum Gasteiger partial charge on any atom is 0.295 e. The molecule has 108 valence electrons. The number of aliphatic hydroxyl groups is 1.